The summed E-state index contributed by atoms with van der Waals surface area (Å²) in [6, 6.07) is 2.22. The molecule has 3 rings (SSSR count). The van der Waals surface area contributed by atoms with E-state index in [1.54, 1.807) is 0 Å². The molecule has 7 nitrogen and oxygen atoms in total. The van der Waals surface area contributed by atoms with Gasteiger partial charge in [0.25, 0.3) is 0 Å². The third-order valence-corrected chi connectivity index (χ3v) is 5.48. The minimum atomic E-state index is 0. The number of aromatic nitrogens is 2. The van der Waals surface area contributed by atoms with Crippen LogP contribution >= 0.6 is 24.0 Å². The van der Waals surface area contributed by atoms with Crippen LogP contribution in [0.1, 0.15) is 44.7 Å². The first-order valence-electron chi connectivity index (χ1n) is 9.93. The highest BCUT2D eigenvalue weighted by Crippen LogP contribution is 2.33. The van der Waals surface area contributed by atoms with Crippen LogP contribution in [0.5, 0.6) is 0 Å². The van der Waals surface area contributed by atoms with Crippen LogP contribution in [0.4, 0.5) is 0 Å². The Kier molecular flexibility index (Phi) is 8.36. The lowest BCUT2D eigenvalue weighted by molar-refractivity contribution is 0.256. The predicted octanol–water partition coefficient (Wildman–Crippen LogP) is 1.82. The lowest BCUT2D eigenvalue weighted by Gasteiger charge is -2.23. The van der Waals surface area contributed by atoms with E-state index >= 15 is 0 Å². The topological polar surface area (TPSA) is 60.7 Å². The van der Waals surface area contributed by atoms with E-state index in [2.05, 4.69) is 59.7 Å². The van der Waals surface area contributed by atoms with Crippen LogP contribution in [-0.2, 0) is 7.05 Å². The number of likely N-dealkylation sites (N-methyl/N-ethyl adjacent to an activating group) is 1. The highest BCUT2D eigenvalue weighted by molar-refractivity contribution is 14.0. The minimum Gasteiger partial charge on any atom is -0.357 e. The second-order valence-electron chi connectivity index (χ2n) is 8.00. The predicted molar refractivity (Wildman–Crippen MR) is 122 cm³/mol. The van der Waals surface area contributed by atoms with Gasteiger partial charge in [0.2, 0.25) is 0 Å². The van der Waals surface area contributed by atoms with E-state index in [9.17, 15) is 0 Å². The number of guanidine groups is 1. The lowest BCUT2D eigenvalue weighted by atomic mass is 10.1. The molecule has 3 atom stereocenters. The van der Waals surface area contributed by atoms with Crippen molar-refractivity contribution >= 4 is 29.9 Å². The van der Waals surface area contributed by atoms with Crippen LogP contribution in [0, 0.1) is 0 Å². The number of aliphatic imine (C=N–C) groups is 1. The molecule has 27 heavy (non-hydrogen) atoms. The van der Waals surface area contributed by atoms with Gasteiger partial charge in [0, 0.05) is 50.0 Å². The molecule has 154 valence electrons. The van der Waals surface area contributed by atoms with E-state index < -0.39 is 0 Å². The van der Waals surface area contributed by atoms with Gasteiger partial charge >= 0.3 is 0 Å². The number of likely N-dealkylation sites (tertiary alicyclic amines) is 1. The van der Waals surface area contributed by atoms with Gasteiger partial charge in [0.05, 0.1) is 18.8 Å². The Hall–Kier alpha value is -0.870. The summed E-state index contributed by atoms with van der Waals surface area (Å²) in [5.74, 6) is 0.929. The number of nitrogens with zero attached hydrogens (tertiary/aromatic N) is 5. The average molecular weight is 489 g/mol. The van der Waals surface area contributed by atoms with Crippen molar-refractivity contribution in [2.45, 2.75) is 57.3 Å². The van der Waals surface area contributed by atoms with Crippen LogP contribution in [0.25, 0.3) is 0 Å². The second kappa shape index (κ2) is 10.1. The summed E-state index contributed by atoms with van der Waals surface area (Å²) in [5, 5.41) is 11.4. The molecule has 1 aliphatic heterocycles. The van der Waals surface area contributed by atoms with E-state index in [1.807, 2.05) is 17.9 Å². The van der Waals surface area contributed by atoms with Crippen LogP contribution in [-0.4, -0.2) is 77.4 Å². The maximum Gasteiger partial charge on any atom is 0.191 e. The molecule has 1 saturated carbocycles. The molecular formula is C19H36IN7. The Morgan fingerprint density at radius 2 is 2.15 bits per heavy atom. The number of rotatable bonds is 7. The molecule has 8 heteroatoms. The van der Waals surface area contributed by atoms with Gasteiger partial charge < -0.3 is 15.5 Å². The summed E-state index contributed by atoms with van der Waals surface area (Å²) in [4.78, 5) is 9.76. The average Bonchev–Trinajstić information content (AvgIpc) is 3.24. The van der Waals surface area contributed by atoms with Crippen molar-refractivity contribution < 1.29 is 0 Å². The van der Waals surface area contributed by atoms with E-state index in [-0.39, 0.29) is 30.0 Å². The molecule has 0 radical (unpaired) electrons. The van der Waals surface area contributed by atoms with Gasteiger partial charge in [-0.05, 0) is 47.2 Å². The van der Waals surface area contributed by atoms with Gasteiger partial charge in [-0.2, -0.15) is 5.10 Å². The van der Waals surface area contributed by atoms with Crippen molar-refractivity contribution in [1.29, 1.82) is 0 Å². The van der Waals surface area contributed by atoms with Crippen LogP contribution in [0.15, 0.2) is 17.4 Å². The molecule has 0 bridgehead atoms. The van der Waals surface area contributed by atoms with Crippen molar-refractivity contribution in [3.8, 4) is 0 Å². The van der Waals surface area contributed by atoms with Crippen molar-refractivity contribution in [1.82, 2.24) is 30.2 Å². The monoisotopic (exact) mass is 489 g/mol. The lowest BCUT2D eigenvalue weighted by Crippen LogP contribution is -2.45. The quantitative estimate of drug-likeness (QED) is 0.348. The molecule has 0 aromatic carbocycles. The molecule has 1 aliphatic carbocycles. The molecule has 2 fully saturated rings. The Morgan fingerprint density at radius 1 is 1.41 bits per heavy atom. The van der Waals surface area contributed by atoms with E-state index in [4.69, 9.17) is 4.99 Å². The third-order valence-electron chi connectivity index (χ3n) is 5.48. The largest absolute Gasteiger partial charge is 0.357 e. The Morgan fingerprint density at radius 3 is 2.70 bits per heavy atom. The maximum absolute atomic E-state index is 4.89. The van der Waals surface area contributed by atoms with E-state index in [0.717, 1.165) is 25.1 Å². The fourth-order valence-corrected chi connectivity index (χ4v) is 3.95. The smallest absolute Gasteiger partial charge is 0.191 e. The number of nitrogens with one attached hydrogen (secondary N) is 2. The van der Waals surface area contributed by atoms with Gasteiger partial charge in [-0.15, -0.1) is 24.0 Å². The SMILES string of the molecule is CCNC(=NCC(c1cnn(C)c1)N(C)C)NC1CC(C)N(C2CC2)C1.I. The number of hydrogen-bond acceptors (Lipinski definition) is 4. The minimum absolute atomic E-state index is 0. The van der Waals surface area contributed by atoms with Gasteiger partial charge in [-0.25, -0.2) is 0 Å². The van der Waals surface area contributed by atoms with Gasteiger partial charge in [0.15, 0.2) is 5.96 Å². The van der Waals surface area contributed by atoms with E-state index in [1.165, 1.54) is 24.8 Å². The maximum atomic E-state index is 4.89. The summed E-state index contributed by atoms with van der Waals surface area (Å²) in [5.41, 5.74) is 1.20. The molecule has 2 N–H and O–H groups in total. The summed E-state index contributed by atoms with van der Waals surface area (Å²) in [6.07, 6.45) is 7.96. The van der Waals surface area contributed by atoms with E-state index in [0.29, 0.717) is 18.6 Å². The summed E-state index contributed by atoms with van der Waals surface area (Å²) in [7, 11) is 6.15. The van der Waals surface area contributed by atoms with Crippen LogP contribution in [0.3, 0.4) is 0 Å². The summed E-state index contributed by atoms with van der Waals surface area (Å²) < 4.78 is 1.85. The second-order valence-corrected chi connectivity index (χ2v) is 8.00. The molecule has 3 unspecified atom stereocenters. The van der Waals surface area contributed by atoms with Crippen LogP contribution < -0.4 is 10.6 Å². The number of aryl methyl sites for hydroxylation is 1. The molecule has 1 saturated heterocycles. The van der Waals surface area contributed by atoms with Crippen molar-refractivity contribution in [2.24, 2.45) is 12.0 Å². The van der Waals surface area contributed by atoms with Gasteiger partial charge in [0.1, 0.15) is 0 Å². The molecule has 1 aromatic heterocycles. The zero-order valence-corrected chi connectivity index (χ0v) is 19.7. The van der Waals surface area contributed by atoms with Crippen LogP contribution in [0.2, 0.25) is 0 Å². The zero-order chi connectivity index (χ0) is 18.7. The van der Waals surface area contributed by atoms with Crippen molar-refractivity contribution in [3.63, 3.8) is 0 Å². The Bertz CT molecular complexity index is 611. The van der Waals surface area contributed by atoms with Crippen molar-refractivity contribution in [2.75, 3.05) is 33.7 Å². The first kappa shape index (κ1) is 22.4. The highest BCUT2D eigenvalue weighted by Gasteiger charge is 2.38. The Labute approximate surface area is 181 Å². The van der Waals surface area contributed by atoms with Gasteiger partial charge in [-0.3, -0.25) is 14.6 Å². The normalized spacial score (nSPS) is 24.7. The molecule has 0 spiro atoms. The fraction of sp³-hybridized carbons (Fsp3) is 0.789. The first-order chi connectivity index (χ1) is 12.5. The molecule has 2 aliphatic rings. The highest BCUT2D eigenvalue weighted by atomic mass is 127. The molecule has 1 aromatic rings. The molecule has 0 amide bonds. The number of halogens is 1. The van der Waals surface area contributed by atoms with Crippen molar-refractivity contribution in [3.05, 3.63) is 18.0 Å². The fourth-order valence-electron chi connectivity index (χ4n) is 3.95. The molecular weight excluding hydrogens is 453 g/mol. The van der Waals surface area contributed by atoms with Gasteiger partial charge in [-0.1, -0.05) is 0 Å². The summed E-state index contributed by atoms with van der Waals surface area (Å²) >= 11 is 0. The third kappa shape index (κ3) is 6.05. The number of hydrogen-bond donors (Lipinski definition) is 2. The summed E-state index contributed by atoms with van der Waals surface area (Å²) in [6.45, 7) is 7.20. The zero-order valence-electron chi connectivity index (χ0n) is 17.4. The Balaban J connectivity index is 0.00000261. The first-order valence-corrected chi connectivity index (χ1v) is 9.93. The standard InChI is InChI=1S/C19H35N7.HI/c1-6-20-19(23-16-9-14(2)26(13-16)17-7-8-17)21-11-18(24(3)4)15-10-22-25(5)12-15;/h10,12,14,16-18H,6-9,11,13H2,1-5H3,(H2,20,21,23);1H. The molecule has 2 heterocycles.